The Labute approximate surface area is 144 Å². The number of carbonyl (C=O) groups is 2. The van der Waals surface area contributed by atoms with E-state index in [0.29, 0.717) is 32.6 Å². The molecule has 132 valence electrons. The summed E-state index contributed by atoms with van der Waals surface area (Å²) in [4.78, 5) is 28.1. The third-order valence-corrected chi connectivity index (χ3v) is 4.24. The molecule has 0 aromatic heterocycles. The Hall–Kier alpha value is -1.92. The van der Waals surface area contributed by atoms with E-state index in [2.05, 4.69) is 15.5 Å². The molecule has 24 heavy (non-hydrogen) atoms. The molecule has 2 N–H and O–H groups in total. The van der Waals surface area contributed by atoms with Crippen LogP contribution in [0.4, 0.5) is 0 Å². The number of carbonyl (C=O) groups excluding carboxylic acids is 2. The minimum absolute atomic E-state index is 0.0349. The summed E-state index contributed by atoms with van der Waals surface area (Å²) in [5, 5.41) is 6.00. The van der Waals surface area contributed by atoms with E-state index in [0.717, 1.165) is 31.6 Å². The van der Waals surface area contributed by atoms with Gasteiger partial charge in [-0.2, -0.15) is 0 Å². The first kappa shape index (κ1) is 18.4. The van der Waals surface area contributed by atoms with Crippen LogP contribution in [0.5, 0.6) is 0 Å². The molecule has 2 amide bonds. The van der Waals surface area contributed by atoms with Crippen LogP contribution in [-0.4, -0.2) is 67.9 Å². The zero-order chi connectivity index (χ0) is 17.2. The number of piperazine rings is 1. The Balaban J connectivity index is 1.63. The van der Waals surface area contributed by atoms with Crippen LogP contribution in [0, 0.1) is 0 Å². The number of benzene rings is 1. The van der Waals surface area contributed by atoms with E-state index in [1.807, 2.05) is 42.3 Å². The van der Waals surface area contributed by atoms with Crippen molar-refractivity contribution in [3.05, 3.63) is 35.9 Å². The number of nitrogens with one attached hydrogen (secondary N) is 2. The van der Waals surface area contributed by atoms with Crippen molar-refractivity contribution in [1.82, 2.24) is 20.4 Å². The van der Waals surface area contributed by atoms with Crippen molar-refractivity contribution >= 4 is 11.8 Å². The van der Waals surface area contributed by atoms with Gasteiger partial charge in [0.1, 0.15) is 0 Å². The molecule has 0 spiro atoms. The lowest BCUT2D eigenvalue weighted by molar-refractivity contribution is -0.133. The molecular weight excluding hydrogens is 304 g/mol. The molecule has 6 heteroatoms. The molecule has 0 radical (unpaired) electrons. The standard InChI is InChI=1S/C18H28N4O2/c1-19-9-5-8-18(24)22-12-10-21(11-13-22)15-17(23)20-14-16-6-3-2-4-7-16/h2-4,6-7,19H,5,8-15H2,1H3,(H,20,23). The van der Waals surface area contributed by atoms with Crippen LogP contribution in [0.15, 0.2) is 30.3 Å². The van der Waals surface area contributed by atoms with Gasteiger partial charge in [0.05, 0.1) is 6.54 Å². The van der Waals surface area contributed by atoms with Gasteiger partial charge in [0.15, 0.2) is 0 Å². The van der Waals surface area contributed by atoms with Crippen molar-refractivity contribution in [2.45, 2.75) is 19.4 Å². The van der Waals surface area contributed by atoms with Gasteiger partial charge in [-0.05, 0) is 25.6 Å². The van der Waals surface area contributed by atoms with Gasteiger partial charge in [-0.3, -0.25) is 14.5 Å². The van der Waals surface area contributed by atoms with E-state index in [1.165, 1.54) is 0 Å². The fraction of sp³-hybridized carbons (Fsp3) is 0.556. The van der Waals surface area contributed by atoms with E-state index in [-0.39, 0.29) is 11.8 Å². The largest absolute Gasteiger partial charge is 0.351 e. The molecule has 1 saturated heterocycles. The highest BCUT2D eigenvalue weighted by molar-refractivity contribution is 5.78. The molecule has 1 aliphatic rings. The van der Waals surface area contributed by atoms with Gasteiger partial charge in [0.2, 0.25) is 11.8 Å². The lowest BCUT2D eigenvalue weighted by Gasteiger charge is -2.34. The number of nitrogens with zero attached hydrogens (tertiary/aromatic N) is 2. The summed E-state index contributed by atoms with van der Waals surface area (Å²) in [5.41, 5.74) is 1.10. The molecule has 1 heterocycles. The van der Waals surface area contributed by atoms with Gasteiger partial charge >= 0.3 is 0 Å². The molecule has 0 bridgehead atoms. The van der Waals surface area contributed by atoms with Crippen LogP contribution in [0.2, 0.25) is 0 Å². The average molecular weight is 332 g/mol. The van der Waals surface area contributed by atoms with Crippen LogP contribution >= 0.6 is 0 Å². The summed E-state index contributed by atoms with van der Waals surface area (Å²) in [6.45, 7) is 4.77. The fourth-order valence-corrected chi connectivity index (χ4v) is 2.79. The Kier molecular flexibility index (Phi) is 7.71. The van der Waals surface area contributed by atoms with Gasteiger partial charge < -0.3 is 15.5 Å². The number of hydrogen-bond donors (Lipinski definition) is 2. The van der Waals surface area contributed by atoms with E-state index < -0.39 is 0 Å². The lowest BCUT2D eigenvalue weighted by atomic mass is 10.2. The molecule has 2 rings (SSSR count). The second-order valence-electron chi connectivity index (χ2n) is 6.13. The molecule has 1 aliphatic heterocycles. The van der Waals surface area contributed by atoms with Crippen molar-refractivity contribution in [2.24, 2.45) is 0 Å². The zero-order valence-corrected chi connectivity index (χ0v) is 14.5. The molecule has 1 aromatic carbocycles. The molecular formula is C18H28N4O2. The summed E-state index contributed by atoms with van der Waals surface area (Å²) in [6.07, 6.45) is 1.47. The van der Waals surface area contributed by atoms with Gasteiger partial charge in [-0.15, -0.1) is 0 Å². The number of amides is 2. The normalized spacial score (nSPS) is 15.3. The monoisotopic (exact) mass is 332 g/mol. The molecule has 1 aromatic rings. The van der Waals surface area contributed by atoms with E-state index >= 15 is 0 Å². The quantitative estimate of drug-likeness (QED) is 0.679. The minimum atomic E-state index is 0.0349. The van der Waals surface area contributed by atoms with Gasteiger partial charge in [0.25, 0.3) is 0 Å². The second-order valence-corrected chi connectivity index (χ2v) is 6.13. The van der Waals surface area contributed by atoms with E-state index in [1.54, 1.807) is 0 Å². The van der Waals surface area contributed by atoms with Crippen LogP contribution in [0.25, 0.3) is 0 Å². The highest BCUT2D eigenvalue weighted by Crippen LogP contribution is 2.05. The maximum absolute atomic E-state index is 12.1. The van der Waals surface area contributed by atoms with E-state index in [4.69, 9.17) is 0 Å². The van der Waals surface area contributed by atoms with Crippen molar-refractivity contribution in [3.8, 4) is 0 Å². The van der Waals surface area contributed by atoms with Crippen molar-refractivity contribution in [3.63, 3.8) is 0 Å². The molecule has 6 nitrogen and oxygen atoms in total. The van der Waals surface area contributed by atoms with Crippen LogP contribution in [-0.2, 0) is 16.1 Å². The summed E-state index contributed by atoms with van der Waals surface area (Å²) in [7, 11) is 1.89. The number of rotatable bonds is 8. The summed E-state index contributed by atoms with van der Waals surface area (Å²) < 4.78 is 0. The summed E-state index contributed by atoms with van der Waals surface area (Å²) in [5.74, 6) is 0.256. The molecule has 0 saturated carbocycles. The van der Waals surface area contributed by atoms with Gasteiger partial charge in [0, 0.05) is 39.1 Å². The first-order valence-corrected chi connectivity index (χ1v) is 8.64. The molecule has 0 unspecified atom stereocenters. The Morgan fingerprint density at radius 3 is 2.46 bits per heavy atom. The highest BCUT2D eigenvalue weighted by Gasteiger charge is 2.21. The predicted octanol–water partition coefficient (Wildman–Crippen LogP) is 0.447. The fourth-order valence-electron chi connectivity index (χ4n) is 2.79. The summed E-state index contributed by atoms with van der Waals surface area (Å²) in [6, 6.07) is 9.89. The predicted molar refractivity (Wildman–Crippen MR) is 94.5 cm³/mol. The lowest BCUT2D eigenvalue weighted by Crippen LogP contribution is -2.51. The summed E-state index contributed by atoms with van der Waals surface area (Å²) >= 11 is 0. The molecule has 0 atom stereocenters. The van der Waals surface area contributed by atoms with Crippen LogP contribution in [0.1, 0.15) is 18.4 Å². The third kappa shape index (κ3) is 6.29. The third-order valence-electron chi connectivity index (χ3n) is 4.24. The smallest absolute Gasteiger partial charge is 0.234 e. The second kappa shape index (κ2) is 10.1. The zero-order valence-electron chi connectivity index (χ0n) is 14.5. The highest BCUT2D eigenvalue weighted by atomic mass is 16.2. The van der Waals surface area contributed by atoms with Gasteiger partial charge in [-0.1, -0.05) is 30.3 Å². The maximum atomic E-state index is 12.1. The Morgan fingerprint density at radius 2 is 1.79 bits per heavy atom. The average Bonchev–Trinajstić information content (AvgIpc) is 2.61. The Morgan fingerprint density at radius 1 is 1.08 bits per heavy atom. The Bertz CT molecular complexity index is 513. The van der Waals surface area contributed by atoms with Crippen LogP contribution in [0.3, 0.4) is 0 Å². The van der Waals surface area contributed by atoms with Crippen LogP contribution < -0.4 is 10.6 Å². The SMILES string of the molecule is CNCCCC(=O)N1CCN(CC(=O)NCc2ccccc2)CC1. The van der Waals surface area contributed by atoms with Crippen molar-refractivity contribution in [2.75, 3.05) is 46.3 Å². The first-order chi connectivity index (χ1) is 11.7. The number of hydrogen-bond acceptors (Lipinski definition) is 4. The first-order valence-electron chi connectivity index (χ1n) is 8.64. The molecule has 1 fully saturated rings. The van der Waals surface area contributed by atoms with Gasteiger partial charge in [-0.25, -0.2) is 0 Å². The minimum Gasteiger partial charge on any atom is -0.351 e. The van der Waals surface area contributed by atoms with Crippen molar-refractivity contribution < 1.29 is 9.59 Å². The topological polar surface area (TPSA) is 64.7 Å². The maximum Gasteiger partial charge on any atom is 0.234 e. The van der Waals surface area contributed by atoms with E-state index in [9.17, 15) is 9.59 Å². The van der Waals surface area contributed by atoms with Crippen molar-refractivity contribution in [1.29, 1.82) is 0 Å². The molecule has 0 aliphatic carbocycles.